The zero-order chi connectivity index (χ0) is 20.0. The van der Waals surface area contributed by atoms with E-state index in [4.69, 9.17) is 54.1 Å². The highest BCUT2D eigenvalue weighted by molar-refractivity contribution is 7.99. The summed E-state index contributed by atoms with van der Waals surface area (Å²) in [6, 6.07) is 6.68. The number of carboxylic acid groups (broad SMARTS) is 1. The highest BCUT2D eigenvalue weighted by Gasteiger charge is 2.12. The molecule has 0 radical (unpaired) electrons. The molecular weight excluding hydrogens is 435 g/mol. The van der Waals surface area contributed by atoms with Crippen LogP contribution in [-0.4, -0.2) is 37.2 Å². The first-order valence-electron chi connectivity index (χ1n) is 7.75. The number of aryl methyl sites for hydroxylation is 1. The van der Waals surface area contributed by atoms with E-state index in [2.05, 4.69) is 0 Å². The van der Waals surface area contributed by atoms with Crippen LogP contribution in [0.2, 0.25) is 15.1 Å². The van der Waals surface area contributed by atoms with Gasteiger partial charge in [0.1, 0.15) is 17.2 Å². The van der Waals surface area contributed by atoms with Crippen LogP contribution < -0.4 is 14.2 Å². The molecule has 2 aromatic rings. The van der Waals surface area contributed by atoms with Gasteiger partial charge in [0, 0.05) is 22.8 Å². The number of methoxy groups -OCH3 is 1. The molecule has 0 amide bonds. The molecule has 27 heavy (non-hydrogen) atoms. The first-order valence-corrected chi connectivity index (χ1v) is 9.87. The fourth-order valence-corrected chi connectivity index (χ4v) is 3.65. The van der Waals surface area contributed by atoms with E-state index in [1.54, 1.807) is 19.2 Å². The van der Waals surface area contributed by atoms with Crippen molar-refractivity contribution in [2.45, 2.75) is 11.8 Å². The Morgan fingerprint density at radius 3 is 2.37 bits per heavy atom. The van der Waals surface area contributed by atoms with Gasteiger partial charge in [-0.2, -0.15) is 0 Å². The number of thioether (sulfide) groups is 1. The molecule has 0 aliphatic carbocycles. The Morgan fingerprint density at radius 2 is 1.70 bits per heavy atom. The maximum atomic E-state index is 10.7. The van der Waals surface area contributed by atoms with E-state index in [0.717, 1.165) is 10.5 Å². The Bertz CT molecular complexity index is 829. The molecule has 9 heteroatoms. The molecule has 0 aromatic heterocycles. The second kappa shape index (κ2) is 10.2. The van der Waals surface area contributed by atoms with Crippen molar-refractivity contribution in [1.82, 2.24) is 0 Å². The molecule has 2 aromatic carbocycles. The van der Waals surface area contributed by atoms with E-state index in [1.807, 2.05) is 13.0 Å². The minimum absolute atomic E-state index is 0.369. The number of carbonyl (C=O) groups is 1. The Labute approximate surface area is 176 Å². The number of halogens is 3. The van der Waals surface area contributed by atoms with Crippen LogP contribution >= 0.6 is 46.6 Å². The van der Waals surface area contributed by atoms with Crippen molar-refractivity contribution in [1.29, 1.82) is 0 Å². The highest BCUT2D eigenvalue weighted by atomic mass is 35.5. The summed E-state index contributed by atoms with van der Waals surface area (Å²) in [4.78, 5) is 11.6. The van der Waals surface area contributed by atoms with Crippen molar-refractivity contribution in [3.63, 3.8) is 0 Å². The number of benzene rings is 2. The van der Waals surface area contributed by atoms with Crippen molar-refractivity contribution >= 4 is 52.5 Å². The maximum absolute atomic E-state index is 10.7. The molecule has 0 saturated carbocycles. The molecule has 0 aliphatic rings. The van der Waals surface area contributed by atoms with Crippen molar-refractivity contribution in [2.24, 2.45) is 0 Å². The first-order chi connectivity index (χ1) is 12.8. The van der Waals surface area contributed by atoms with Crippen LogP contribution in [0.25, 0.3) is 0 Å². The third-order valence-corrected chi connectivity index (χ3v) is 5.40. The highest BCUT2D eigenvalue weighted by Crippen LogP contribution is 2.36. The molecule has 0 atom stereocenters. The summed E-state index contributed by atoms with van der Waals surface area (Å²) in [6.45, 7) is 1.82. The minimum Gasteiger partial charge on any atom is -0.495 e. The summed E-state index contributed by atoms with van der Waals surface area (Å²) >= 11 is 19.5. The number of aliphatic carboxylic acids is 1. The van der Waals surface area contributed by atoms with Crippen LogP contribution in [-0.2, 0) is 4.79 Å². The molecular formula is C18H17Cl3O5S. The predicted molar refractivity (Wildman–Crippen MR) is 109 cm³/mol. The van der Waals surface area contributed by atoms with E-state index in [1.165, 1.54) is 17.8 Å². The number of rotatable bonds is 9. The van der Waals surface area contributed by atoms with E-state index >= 15 is 0 Å². The minimum atomic E-state index is -1.04. The fourth-order valence-electron chi connectivity index (χ4n) is 2.13. The van der Waals surface area contributed by atoms with Gasteiger partial charge < -0.3 is 19.3 Å². The molecule has 0 spiro atoms. The Hall–Kier alpha value is -1.47. The summed E-state index contributed by atoms with van der Waals surface area (Å²) in [5, 5.41) is 9.87. The Kier molecular flexibility index (Phi) is 8.23. The molecule has 0 fully saturated rings. The number of carboxylic acids is 1. The zero-order valence-electron chi connectivity index (χ0n) is 14.6. The van der Waals surface area contributed by atoms with Gasteiger partial charge in [-0.15, -0.1) is 11.8 Å². The molecule has 0 bridgehead atoms. The van der Waals surface area contributed by atoms with Gasteiger partial charge >= 0.3 is 5.97 Å². The first kappa shape index (κ1) is 21.8. The standard InChI is InChI=1S/C18H17Cl3O5S/c1-10-5-17(16(24-2)8-14(10)26-9-18(22)23)27-4-3-25-15-7-12(20)11(19)6-13(15)21/h5-8H,3-4,9H2,1-2H3,(H,22,23). The molecule has 2 rings (SSSR count). The average molecular weight is 452 g/mol. The smallest absolute Gasteiger partial charge is 0.341 e. The summed E-state index contributed by atoms with van der Waals surface area (Å²) in [6.07, 6.45) is 0. The lowest BCUT2D eigenvalue weighted by Gasteiger charge is -2.14. The van der Waals surface area contributed by atoms with Gasteiger partial charge in [0.2, 0.25) is 0 Å². The Balaban J connectivity index is 1.98. The van der Waals surface area contributed by atoms with Gasteiger partial charge in [-0.3, -0.25) is 0 Å². The SMILES string of the molecule is COc1cc(OCC(=O)O)c(C)cc1SCCOc1cc(Cl)c(Cl)cc1Cl. The molecule has 146 valence electrons. The topological polar surface area (TPSA) is 65.0 Å². The van der Waals surface area contributed by atoms with E-state index in [0.29, 0.717) is 44.7 Å². The van der Waals surface area contributed by atoms with Crippen LogP contribution in [0.15, 0.2) is 29.2 Å². The van der Waals surface area contributed by atoms with Crippen LogP contribution in [0.1, 0.15) is 5.56 Å². The molecule has 1 N–H and O–H groups in total. The average Bonchev–Trinajstić information content (AvgIpc) is 2.61. The van der Waals surface area contributed by atoms with Gasteiger partial charge in [0.05, 0.1) is 28.8 Å². The number of hydrogen-bond acceptors (Lipinski definition) is 5. The summed E-state index contributed by atoms with van der Waals surface area (Å²) in [5.74, 6) is 1.12. The van der Waals surface area contributed by atoms with Gasteiger partial charge in [-0.25, -0.2) is 4.79 Å². The van der Waals surface area contributed by atoms with Crippen molar-refractivity contribution in [3.05, 3.63) is 44.9 Å². The third kappa shape index (κ3) is 6.28. The van der Waals surface area contributed by atoms with Crippen LogP contribution in [0.5, 0.6) is 17.2 Å². The maximum Gasteiger partial charge on any atom is 0.341 e. The van der Waals surface area contributed by atoms with E-state index in [-0.39, 0.29) is 0 Å². The van der Waals surface area contributed by atoms with Crippen LogP contribution in [0.4, 0.5) is 0 Å². The lowest BCUT2D eigenvalue weighted by atomic mass is 10.2. The molecule has 0 saturated heterocycles. The Morgan fingerprint density at radius 1 is 1.00 bits per heavy atom. The van der Waals surface area contributed by atoms with Crippen molar-refractivity contribution in [2.75, 3.05) is 26.1 Å². The summed E-state index contributed by atoms with van der Waals surface area (Å²) in [7, 11) is 1.54. The van der Waals surface area contributed by atoms with Gasteiger partial charge in [-0.1, -0.05) is 34.8 Å². The second-order valence-electron chi connectivity index (χ2n) is 5.34. The number of hydrogen-bond donors (Lipinski definition) is 1. The molecule has 0 aliphatic heterocycles. The third-order valence-electron chi connectivity index (χ3n) is 3.39. The molecule has 0 unspecified atom stereocenters. The van der Waals surface area contributed by atoms with Gasteiger partial charge in [0.15, 0.2) is 6.61 Å². The summed E-state index contributed by atoms with van der Waals surface area (Å²) in [5.41, 5.74) is 0.813. The monoisotopic (exact) mass is 450 g/mol. The quantitative estimate of drug-likeness (QED) is 0.304. The zero-order valence-corrected chi connectivity index (χ0v) is 17.6. The largest absolute Gasteiger partial charge is 0.495 e. The fraction of sp³-hybridized carbons (Fsp3) is 0.278. The summed E-state index contributed by atoms with van der Waals surface area (Å²) < 4.78 is 16.3. The van der Waals surface area contributed by atoms with E-state index in [9.17, 15) is 4.79 Å². The van der Waals surface area contributed by atoms with E-state index < -0.39 is 12.6 Å². The normalized spacial score (nSPS) is 10.6. The second-order valence-corrected chi connectivity index (χ2v) is 7.70. The van der Waals surface area contributed by atoms with Crippen LogP contribution in [0.3, 0.4) is 0 Å². The lowest BCUT2D eigenvalue weighted by molar-refractivity contribution is -0.139. The van der Waals surface area contributed by atoms with Gasteiger partial charge in [-0.05, 0) is 24.6 Å². The van der Waals surface area contributed by atoms with Crippen molar-refractivity contribution < 1.29 is 24.1 Å². The van der Waals surface area contributed by atoms with Gasteiger partial charge in [0.25, 0.3) is 0 Å². The predicted octanol–water partition coefficient (Wildman–Crippen LogP) is 5.60. The lowest BCUT2D eigenvalue weighted by Crippen LogP contribution is -2.10. The molecule has 0 heterocycles. The number of ether oxygens (including phenoxy) is 3. The molecule has 5 nitrogen and oxygen atoms in total. The van der Waals surface area contributed by atoms with Crippen molar-refractivity contribution in [3.8, 4) is 17.2 Å². The van der Waals surface area contributed by atoms with Crippen LogP contribution in [0, 0.1) is 6.92 Å².